The minimum Gasteiger partial charge on any atom is -0.355 e. The molecule has 1 aromatic rings. The predicted molar refractivity (Wildman–Crippen MR) is 80.1 cm³/mol. The van der Waals surface area contributed by atoms with Gasteiger partial charge in [-0.2, -0.15) is 0 Å². The summed E-state index contributed by atoms with van der Waals surface area (Å²) in [4.78, 5) is 8.07. The summed E-state index contributed by atoms with van der Waals surface area (Å²) < 4.78 is 27.2. The van der Waals surface area contributed by atoms with Gasteiger partial charge in [0.05, 0.1) is 12.4 Å². The molecule has 2 N–H and O–H groups in total. The van der Waals surface area contributed by atoms with E-state index in [9.17, 15) is 8.42 Å². The van der Waals surface area contributed by atoms with Crippen LogP contribution in [-0.2, 0) is 10.0 Å². The first kappa shape index (κ1) is 16.8. The Kier molecular flexibility index (Phi) is 6.35. The number of sulfonamides is 1. The summed E-state index contributed by atoms with van der Waals surface area (Å²) in [5.41, 5.74) is 0. The number of hydrogen-bond acceptors (Lipinski definition) is 5. The van der Waals surface area contributed by atoms with E-state index < -0.39 is 10.0 Å². The van der Waals surface area contributed by atoms with E-state index in [2.05, 4.69) is 33.9 Å². The highest BCUT2D eigenvalue weighted by Crippen LogP contribution is 2.16. The minimum atomic E-state index is -3.56. The lowest BCUT2D eigenvalue weighted by molar-refractivity contribution is 0.390. The fourth-order valence-electron chi connectivity index (χ4n) is 2.11. The highest BCUT2D eigenvalue weighted by Gasteiger charge is 2.22. The SMILES string of the molecule is CCNc1ncc(S(=O)(=O)NC(C)C(CC)CC)cn1. The van der Waals surface area contributed by atoms with Crippen LogP contribution in [0.1, 0.15) is 40.5 Å². The number of hydrogen-bond donors (Lipinski definition) is 2. The van der Waals surface area contributed by atoms with Crippen molar-refractivity contribution in [1.82, 2.24) is 14.7 Å². The van der Waals surface area contributed by atoms with Crippen molar-refractivity contribution < 1.29 is 8.42 Å². The third kappa shape index (κ3) is 4.42. The van der Waals surface area contributed by atoms with E-state index in [0.717, 1.165) is 12.8 Å². The van der Waals surface area contributed by atoms with Crippen LogP contribution in [0.25, 0.3) is 0 Å². The van der Waals surface area contributed by atoms with Crippen LogP contribution >= 0.6 is 0 Å². The fraction of sp³-hybridized carbons (Fsp3) is 0.692. The highest BCUT2D eigenvalue weighted by atomic mass is 32.2. The van der Waals surface area contributed by atoms with E-state index in [1.54, 1.807) is 0 Å². The first-order chi connectivity index (χ1) is 9.44. The first-order valence-electron chi connectivity index (χ1n) is 7.02. The van der Waals surface area contributed by atoms with Gasteiger partial charge in [0, 0.05) is 12.6 Å². The Hall–Kier alpha value is -1.21. The van der Waals surface area contributed by atoms with Crippen molar-refractivity contribution in [3.05, 3.63) is 12.4 Å². The van der Waals surface area contributed by atoms with Crippen molar-refractivity contribution >= 4 is 16.0 Å². The van der Waals surface area contributed by atoms with Crippen LogP contribution in [0.5, 0.6) is 0 Å². The Labute approximate surface area is 121 Å². The molecule has 1 rings (SSSR count). The van der Waals surface area contributed by atoms with Gasteiger partial charge in [-0.05, 0) is 19.8 Å². The lowest BCUT2D eigenvalue weighted by Gasteiger charge is -2.22. The van der Waals surface area contributed by atoms with E-state index in [4.69, 9.17) is 0 Å². The summed E-state index contributed by atoms with van der Waals surface area (Å²) in [6, 6.07) is -0.108. The molecule has 1 heterocycles. The van der Waals surface area contributed by atoms with Crippen LogP contribution in [0.2, 0.25) is 0 Å². The molecular weight excluding hydrogens is 276 g/mol. The van der Waals surface area contributed by atoms with E-state index in [1.165, 1.54) is 12.4 Å². The molecule has 0 saturated carbocycles. The van der Waals surface area contributed by atoms with Crippen molar-refractivity contribution in [2.75, 3.05) is 11.9 Å². The van der Waals surface area contributed by atoms with E-state index in [1.807, 2.05) is 13.8 Å². The summed E-state index contributed by atoms with van der Waals surface area (Å²) in [5, 5.41) is 2.93. The second kappa shape index (κ2) is 7.54. The van der Waals surface area contributed by atoms with Crippen LogP contribution in [-0.4, -0.2) is 31.0 Å². The van der Waals surface area contributed by atoms with Crippen LogP contribution in [0.15, 0.2) is 17.3 Å². The van der Waals surface area contributed by atoms with Gasteiger partial charge in [-0.1, -0.05) is 26.7 Å². The molecule has 0 radical (unpaired) electrons. The number of nitrogens with one attached hydrogen (secondary N) is 2. The molecule has 0 aromatic carbocycles. The van der Waals surface area contributed by atoms with Gasteiger partial charge in [0.15, 0.2) is 0 Å². The molecule has 7 heteroatoms. The van der Waals surface area contributed by atoms with E-state index in [0.29, 0.717) is 18.4 Å². The van der Waals surface area contributed by atoms with Crippen LogP contribution in [0.3, 0.4) is 0 Å². The van der Waals surface area contributed by atoms with Gasteiger partial charge in [-0.15, -0.1) is 0 Å². The Balaban J connectivity index is 2.82. The molecule has 1 aromatic heterocycles. The number of rotatable bonds is 8. The maximum absolute atomic E-state index is 12.2. The zero-order chi connectivity index (χ0) is 15.2. The van der Waals surface area contributed by atoms with E-state index >= 15 is 0 Å². The van der Waals surface area contributed by atoms with Crippen LogP contribution < -0.4 is 10.0 Å². The molecule has 0 aliphatic carbocycles. The summed E-state index contributed by atoms with van der Waals surface area (Å²) in [5.74, 6) is 0.756. The average molecular weight is 300 g/mol. The van der Waals surface area contributed by atoms with Crippen molar-refractivity contribution in [3.8, 4) is 0 Å². The van der Waals surface area contributed by atoms with Gasteiger partial charge < -0.3 is 5.32 Å². The van der Waals surface area contributed by atoms with E-state index in [-0.39, 0.29) is 10.9 Å². The summed E-state index contributed by atoms with van der Waals surface area (Å²) in [7, 11) is -3.56. The van der Waals surface area contributed by atoms with Crippen molar-refractivity contribution in [1.29, 1.82) is 0 Å². The zero-order valence-corrected chi connectivity index (χ0v) is 13.4. The molecule has 1 unspecified atom stereocenters. The first-order valence-corrected chi connectivity index (χ1v) is 8.51. The third-order valence-corrected chi connectivity index (χ3v) is 4.88. The van der Waals surface area contributed by atoms with Gasteiger partial charge in [0.25, 0.3) is 0 Å². The fourth-order valence-corrected chi connectivity index (χ4v) is 3.31. The topological polar surface area (TPSA) is 84.0 Å². The standard InChI is InChI=1S/C13H24N4O2S/c1-5-11(6-2)10(4)17-20(18,19)12-8-15-13(14-7-3)16-9-12/h8-11,17H,5-7H2,1-4H3,(H,14,15,16). The smallest absolute Gasteiger partial charge is 0.243 e. The van der Waals surface area contributed by atoms with Crippen molar-refractivity contribution in [2.45, 2.75) is 51.5 Å². The van der Waals surface area contributed by atoms with Gasteiger partial charge in [0.1, 0.15) is 4.90 Å². The quantitative estimate of drug-likeness (QED) is 0.767. The normalized spacial score (nSPS) is 13.4. The number of anilines is 1. The second-order valence-corrected chi connectivity index (χ2v) is 6.47. The molecule has 1 atom stereocenters. The number of aromatic nitrogens is 2. The lowest BCUT2D eigenvalue weighted by Crippen LogP contribution is -2.37. The van der Waals surface area contributed by atoms with Crippen LogP contribution in [0, 0.1) is 5.92 Å². The summed E-state index contributed by atoms with van der Waals surface area (Å²) in [6.07, 6.45) is 4.53. The van der Waals surface area contributed by atoms with Gasteiger partial charge in [-0.3, -0.25) is 0 Å². The van der Waals surface area contributed by atoms with Crippen molar-refractivity contribution in [2.24, 2.45) is 5.92 Å². The maximum atomic E-state index is 12.2. The summed E-state index contributed by atoms with van der Waals surface area (Å²) in [6.45, 7) is 8.63. The minimum absolute atomic E-state index is 0.0944. The molecule has 0 amide bonds. The molecule has 0 aliphatic rings. The largest absolute Gasteiger partial charge is 0.355 e. The molecule has 0 aliphatic heterocycles. The Morgan fingerprint density at radius 2 is 1.70 bits per heavy atom. The molecule has 0 bridgehead atoms. The number of nitrogens with zero attached hydrogens (tertiary/aromatic N) is 2. The molecule has 0 fully saturated rings. The average Bonchev–Trinajstić information content (AvgIpc) is 2.40. The molecule has 114 valence electrons. The highest BCUT2D eigenvalue weighted by molar-refractivity contribution is 7.89. The van der Waals surface area contributed by atoms with Gasteiger partial charge in [0.2, 0.25) is 16.0 Å². The van der Waals surface area contributed by atoms with Crippen LogP contribution in [0.4, 0.5) is 5.95 Å². The monoisotopic (exact) mass is 300 g/mol. The second-order valence-electron chi connectivity index (χ2n) is 4.76. The van der Waals surface area contributed by atoms with Gasteiger partial charge in [-0.25, -0.2) is 23.1 Å². The predicted octanol–water partition coefficient (Wildman–Crippen LogP) is 2.01. The Bertz CT molecular complexity index is 498. The molecule has 20 heavy (non-hydrogen) atoms. The Morgan fingerprint density at radius 1 is 1.15 bits per heavy atom. The van der Waals surface area contributed by atoms with Gasteiger partial charge >= 0.3 is 0 Å². The van der Waals surface area contributed by atoms with Crippen molar-refractivity contribution in [3.63, 3.8) is 0 Å². The molecular formula is C13H24N4O2S. The Morgan fingerprint density at radius 3 is 2.15 bits per heavy atom. The molecule has 0 spiro atoms. The molecule has 0 saturated heterocycles. The third-order valence-electron chi connectivity index (χ3n) is 3.37. The molecule has 6 nitrogen and oxygen atoms in total. The maximum Gasteiger partial charge on any atom is 0.243 e. The summed E-state index contributed by atoms with van der Waals surface area (Å²) >= 11 is 0. The lowest BCUT2D eigenvalue weighted by atomic mass is 9.96. The zero-order valence-electron chi connectivity index (χ0n) is 12.5.